The SMILES string of the molecule is O=[N+]([O-])c1cc(CNc2c(F)cc(F)cc2Br)ccc1Br. The summed E-state index contributed by atoms with van der Waals surface area (Å²) in [4.78, 5) is 10.3. The molecule has 0 saturated heterocycles. The molecule has 0 radical (unpaired) electrons. The van der Waals surface area contributed by atoms with E-state index in [1.165, 1.54) is 6.07 Å². The van der Waals surface area contributed by atoms with E-state index in [0.717, 1.165) is 12.1 Å². The molecule has 0 amide bonds. The van der Waals surface area contributed by atoms with Crippen molar-refractivity contribution in [2.75, 3.05) is 5.32 Å². The van der Waals surface area contributed by atoms with E-state index < -0.39 is 16.6 Å². The number of nitro benzene ring substituents is 1. The van der Waals surface area contributed by atoms with Crippen molar-refractivity contribution in [1.29, 1.82) is 0 Å². The van der Waals surface area contributed by atoms with Crippen molar-refractivity contribution < 1.29 is 13.7 Å². The minimum atomic E-state index is -0.742. The van der Waals surface area contributed by atoms with Gasteiger partial charge in [-0.15, -0.1) is 0 Å². The van der Waals surface area contributed by atoms with E-state index >= 15 is 0 Å². The van der Waals surface area contributed by atoms with Crippen LogP contribution in [0.2, 0.25) is 0 Å². The van der Waals surface area contributed by atoms with Crippen molar-refractivity contribution in [2.45, 2.75) is 6.54 Å². The first-order chi connectivity index (χ1) is 9.88. The van der Waals surface area contributed by atoms with Gasteiger partial charge in [-0.05, 0) is 49.6 Å². The Balaban J connectivity index is 2.21. The molecule has 0 saturated carbocycles. The Morgan fingerprint density at radius 3 is 2.48 bits per heavy atom. The Labute approximate surface area is 135 Å². The molecule has 0 unspecified atom stereocenters. The van der Waals surface area contributed by atoms with Gasteiger partial charge in [0.15, 0.2) is 0 Å². The number of hydrogen-bond donors (Lipinski definition) is 1. The molecule has 0 aliphatic carbocycles. The maximum Gasteiger partial charge on any atom is 0.283 e. The first-order valence-electron chi connectivity index (χ1n) is 5.69. The van der Waals surface area contributed by atoms with Crippen LogP contribution in [0.15, 0.2) is 39.3 Å². The molecule has 0 atom stereocenters. The van der Waals surface area contributed by atoms with Gasteiger partial charge >= 0.3 is 0 Å². The number of anilines is 1. The van der Waals surface area contributed by atoms with E-state index in [-0.39, 0.29) is 22.4 Å². The Kier molecular flexibility index (Phi) is 4.89. The van der Waals surface area contributed by atoms with Crippen molar-refractivity contribution >= 4 is 43.2 Å². The molecule has 2 aromatic carbocycles. The number of hydrogen-bond acceptors (Lipinski definition) is 3. The summed E-state index contributed by atoms with van der Waals surface area (Å²) in [6.07, 6.45) is 0. The minimum Gasteiger partial charge on any atom is -0.378 e. The molecule has 0 spiro atoms. The Bertz CT molecular complexity index is 688. The summed E-state index contributed by atoms with van der Waals surface area (Å²) >= 11 is 6.15. The van der Waals surface area contributed by atoms with Crippen LogP contribution in [0.1, 0.15) is 5.56 Å². The zero-order valence-corrected chi connectivity index (χ0v) is 13.5. The van der Waals surface area contributed by atoms with Crippen LogP contribution in [0.5, 0.6) is 0 Å². The number of halogens is 4. The Morgan fingerprint density at radius 2 is 1.86 bits per heavy atom. The highest BCUT2D eigenvalue weighted by atomic mass is 79.9. The molecule has 110 valence electrons. The summed E-state index contributed by atoms with van der Waals surface area (Å²) in [7, 11) is 0. The van der Waals surface area contributed by atoms with Crippen molar-refractivity contribution in [3.05, 3.63) is 66.6 Å². The average molecular weight is 422 g/mol. The summed E-state index contributed by atoms with van der Waals surface area (Å²) in [5.74, 6) is -1.43. The van der Waals surface area contributed by atoms with Crippen LogP contribution in [-0.4, -0.2) is 4.92 Å². The van der Waals surface area contributed by atoms with E-state index in [1.54, 1.807) is 12.1 Å². The van der Waals surface area contributed by atoms with Crippen LogP contribution in [0.4, 0.5) is 20.2 Å². The topological polar surface area (TPSA) is 55.2 Å². The fraction of sp³-hybridized carbons (Fsp3) is 0.0769. The number of rotatable bonds is 4. The van der Waals surface area contributed by atoms with Gasteiger partial charge in [-0.2, -0.15) is 0 Å². The van der Waals surface area contributed by atoms with Crippen molar-refractivity contribution in [2.24, 2.45) is 0 Å². The van der Waals surface area contributed by atoms with Gasteiger partial charge in [-0.25, -0.2) is 8.78 Å². The van der Waals surface area contributed by atoms with E-state index in [9.17, 15) is 18.9 Å². The Hall–Kier alpha value is -1.54. The molecule has 1 N–H and O–H groups in total. The third-order valence-corrected chi connectivity index (χ3v) is 3.98. The molecule has 4 nitrogen and oxygen atoms in total. The average Bonchev–Trinajstić information content (AvgIpc) is 2.38. The van der Waals surface area contributed by atoms with Crippen molar-refractivity contribution in [3.63, 3.8) is 0 Å². The highest BCUT2D eigenvalue weighted by Crippen LogP contribution is 2.29. The molecular weight excluding hydrogens is 414 g/mol. The highest BCUT2D eigenvalue weighted by molar-refractivity contribution is 9.11. The number of nitro groups is 1. The summed E-state index contributed by atoms with van der Waals surface area (Å²) in [6, 6.07) is 6.49. The van der Waals surface area contributed by atoms with E-state index in [1.807, 2.05) is 0 Å². The first kappa shape index (κ1) is 15.8. The van der Waals surface area contributed by atoms with Gasteiger partial charge in [0.1, 0.15) is 11.6 Å². The second kappa shape index (κ2) is 6.48. The number of benzene rings is 2. The van der Waals surface area contributed by atoms with E-state index in [4.69, 9.17) is 0 Å². The van der Waals surface area contributed by atoms with Gasteiger partial charge in [-0.3, -0.25) is 10.1 Å². The maximum absolute atomic E-state index is 13.6. The van der Waals surface area contributed by atoms with Gasteiger partial charge < -0.3 is 5.32 Å². The van der Waals surface area contributed by atoms with Crippen LogP contribution in [0.3, 0.4) is 0 Å². The summed E-state index contributed by atoms with van der Waals surface area (Å²) in [6.45, 7) is 0.162. The predicted octanol–water partition coefficient (Wildman–Crippen LogP) is 5.01. The molecular formula is C13H8Br2F2N2O2. The molecule has 0 aromatic heterocycles. The minimum absolute atomic E-state index is 0.0760. The van der Waals surface area contributed by atoms with Crippen LogP contribution >= 0.6 is 31.9 Å². The fourth-order valence-corrected chi connectivity index (χ4v) is 2.65. The standard InChI is InChI=1S/C13H8Br2F2N2O2/c14-9-2-1-7(3-12(9)19(20)21)6-18-13-10(15)4-8(16)5-11(13)17/h1-5,18H,6H2. The highest BCUT2D eigenvalue weighted by Gasteiger charge is 2.13. The molecule has 0 aliphatic rings. The van der Waals surface area contributed by atoms with Gasteiger partial charge in [0.05, 0.1) is 15.1 Å². The third-order valence-electron chi connectivity index (χ3n) is 2.68. The van der Waals surface area contributed by atoms with Crippen LogP contribution in [0, 0.1) is 21.7 Å². The molecule has 0 fully saturated rings. The zero-order chi connectivity index (χ0) is 15.6. The molecule has 0 aliphatic heterocycles. The molecule has 8 heteroatoms. The van der Waals surface area contributed by atoms with Gasteiger partial charge in [-0.1, -0.05) is 6.07 Å². The zero-order valence-electron chi connectivity index (χ0n) is 10.4. The van der Waals surface area contributed by atoms with E-state index in [0.29, 0.717) is 10.0 Å². The molecule has 0 bridgehead atoms. The molecule has 0 heterocycles. The summed E-state index contributed by atoms with van der Waals surface area (Å²) in [5.41, 5.74) is 0.621. The van der Waals surface area contributed by atoms with Crippen molar-refractivity contribution in [3.8, 4) is 0 Å². The normalized spacial score (nSPS) is 10.5. The smallest absolute Gasteiger partial charge is 0.283 e. The lowest BCUT2D eigenvalue weighted by Crippen LogP contribution is -2.03. The van der Waals surface area contributed by atoms with Crippen molar-refractivity contribution in [1.82, 2.24) is 0 Å². The second-order valence-corrected chi connectivity index (χ2v) is 5.85. The second-order valence-electron chi connectivity index (χ2n) is 4.14. The van der Waals surface area contributed by atoms with Gasteiger partial charge in [0.2, 0.25) is 0 Å². The molecule has 2 aromatic rings. The fourth-order valence-electron chi connectivity index (χ4n) is 1.71. The monoisotopic (exact) mass is 420 g/mol. The lowest BCUT2D eigenvalue weighted by atomic mass is 10.2. The van der Waals surface area contributed by atoms with Gasteiger partial charge in [0, 0.05) is 23.2 Å². The molecule has 2 rings (SSSR count). The Morgan fingerprint density at radius 1 is 1.14 bits per heavy atom. The lowest BCUT2D eigenvalue weighted by Gasteiger charge is -2.10. The predicted molar refractivity (Wildman–Crippen MR) is 82.2 cm³/mol. The number of nitrogens with zero attached hydrogens (tertiary/aromatic N) is 1. The molecule has 21 heavy (non-hydrogen) atoms. The largest absolute Gasteiger partial charge is 0.378 e. The van der Waals surface area contributed by atoms with Crippen LogP contribution < -0.4 is 5.32 Å². The quantitative estimate of drug-likeness (QED) is 0.557. The first-order valence-corrected chi connectivity index (χ1v) is 7.28. The van der Waals surface area contributed by atoms with E-state index in [2.05, 4.69) is 37.2 Å². The van der Waals surface area contributed by atoms with Gasteiger partial charge in [0.25, 0.3) is 5.69 Å². The lowest BCUT2D eigenvalue weighted by molar-refractivity contribution is -0.385. The third kappa shape index (κ3) is 3.76. The maximum atomic E-state index is 13.6. The summed E-state index contributed by atoms with van der Waals surface area (Å²) in [5, 5.41) is 13.6. The summed E-state index contributed by atoms with van der Waals surface area (Å²) < 4.78 is 27.2. The van der Waals surface area contributed by atoms with Crippen LogP contribution in [0.25, 0.3) is 0 Å². The number of nitrogens with one attached hydrogen (secondary N) is 1. The van der Waals surface area contributed by atoms with Crippen LogP contribution in [-0.2, 0) is 6.54 Å².